The summed E-state index contributed by atoms with van der Waals surface area (Å²) in [4.78, 5) is 39.8. The summed E-state index contributed by atoms with van der Waals surface area (Å²) in [6.45, 7) is 10.2. The van der Waals surface area contributed by atoms with Crippen molar-refractivity contribution in [1.29, 1.82) is 0 Å². The van der Waals surface area contributed by atoms with Crippen molar-refractivity contribution >= 4 is 40.4 Å². The summed E-state index contributed by atoms with van der Waals surface area (Å²) in [5.74, 6) is -0.501. The van der Waals surface area contributed by atoms with E-state index in [9.17, 15) is 14.7 Å². The van der Waals surface area contributed by atoms with Crippen molar-refractivity contribution < 1.29 is 14.7 Å². The number of carbonyl (C=O) groups excluding carboxylic acids is 2. The molecule has 7 nitrogen and oxygen atoms in total. The van der Waals surface area contributed by atoms with Gasteiger partial charge in [0.05, 0.1) is 45.3 Å². The number of aliphatic imine (C=N–C) groups is 1. The van der Waals surface area contributed by atoms with Crippen molar-refractivity contribution in [3.63, 3.8) is 0 Å². The fourth-order valence-corrected chi connectivity index (χ4v) is 7.36. The standard InChI is InChI=1S/C28H32N4O3S2/c1-15(2)24(23-10-16(3)31-37-23)26(34)32-13-20(33)11-22(32)21-12-28(5,27(35)30-21)19-8-6-18(7-9-19)25-17(4)29-14-36-25/h6-10,14-15,20,22,24,33H,11-13H2,1-5H3/t20-,22+,24-,28+/m1/s1. The van der Waals surface area contributed by atoms with Crippen molar-refractivity contribution in [2.45, 2.75) is 70.9 Å². The van der Waals surface area contributed by atoms with Gasteiger partial charge in [0.1, 0.15) is 0 Å². The van der Waals surface area contributed by atoms with Crippen molar-refractivity contribution in [2.24, 2.45) is 10.9 Å². The lowest BCUT2D eigenvalue weighted by Crippen LogP contribution is -2.44. The number of aryl methyl sites for hydroxylation is 2. The summed E-state index contributed by atoms with van der Waals surface area (Å²) < 4.78 is 4.38. The van der Waals surface area contributed by atoms with Gasteiger partial charge in [0, 0.05) is 30.0 Å². The van der Waals surface area contributed by atoms with E-state index in [-0.39, 0.29) is 36.2 Å². The van der Waals surface area contributed by atoms with Crippen LogP contribution in [0, 0.1) is 19.8 Å². The minimum absolute atomic E-state index is 0.0340. The van der Waals surface area contributed by atoms with Crippen LogP contribution < -0.4 is 0 Å². The third kappa shape index (κ3) is 4.69. The van der Waals surface area contributed by atoms with Crippen molar-refractivity contribution in [3.8, 4) is 10.4 Å². The van der Waals surface area contributed by atoms with Gasteiger partial charge in [-0.2, -0.15) is 4.37 Å². The van der Waals surface area contributed by atoms with Gasteiger partial charge < -0.3 is 10.0 Å². The molecule has 0 aliphatic carbocycles. The van der Waals surface area contributed by atoms with Gasteiger partial charge in [-0.05, 0) is 55.4 Å². The molecule has 37 heavy (non-hydrogen) atoms. The van der Waals surface area contributed by atoms with Crippen LogP contribution >= 0.6 is 22.9 Å². The van der Waals surface area contributed by atoms with E-state index in [1.165, 1.54) is 11.5 Å². The SMILES string of the molecule is Cc1cc([C@H](C(=O)N2C[C@H](O)C[C@H]2C2=NC(=O)[C@](C)(c3ccc(-c4scnc4C)cc3)C2)C(C)C)sn1. The molecule has 0 radical (unpaired) electrons. The Morgan fingerprint density at radius 1 is 1.22 bits per heavy atom. The normalized spacial score (nSPS) is 24.7. The number of rotatable bonds is 6. The fraction of sp³-hybridized carbons (Fsp3) is 0.464. The van der Waals surface area contributed by atoms with Crippen LogP contribution in [-0.4, -0.2) is 55.6 Å². The molecule has 1 saturated heterocycles. The van der Waals surface area contributed by atoms with Crippen LogP contribution in [0.25, 0.3) is 10.4 Å². The number of aliphatic hydroxyl groups is 1. The van der Waals surface area contributed by atoms with Gasteiger partial charge in [0.25, 0.3) is 5.91 Å². The van der Waals surface area contributed by atoms with E-state index in [0.29, 0.717) is 18.6 Å². The zero-order valence-corrected chi connectivity index (χ0v) is 23.4. The summed E-state index contributed by atoms with van der Waals surface area (Å²) in [5.41, 5.74) is 5.59. The van der Waals surface area contributed by atoms with E-state index < -0.39 is 11.5 Å². The van der Waals surface area contributed by atoms with Gasteiger partial charge in [-0.3, -0.25) is 9.59 Å². The Hall–Kier alpha value is -2.75. The average molecular weight is 537 g/mol. The highest BCUT2D eigenvalue weighted by Crippen LogP contribution is 2.40. The number of thiazole rings is 1. The summed E-state index contributed by atoms with van der Waals surface area (Å²) in [5, 5.41) is 10.6. The first-order valence-electron chi connectivity index (χ1n) is 12.6. The van der Waals surface area contributed by atoms with Gasteiger partial charge in [-0.15, -0.1) is 11.3 Å². The molecular weight excluding hydrogens is 504 g/mol. The lowest BCUT2D eigenvalue weighted by molar-refractivity contribution is -0.134. The van der Waals surface area contributed by atoms with Gasteiger partial charge in [0.15, 0.2) is 0 Å². The summed E-state index contributed by atoms with van der Waals surface area (Å²) in [6, 6.07) is 9.65. The van der Waals surface area contributed by atoms with E-state index in [1.807, 2.05) is 70.5 Å². The highest BCUT2D eigenvalue weighted by atomic mass is 32.1. The molecule has 0 saturated carbocycles. The van der Waals surface area contributed by atoms with Crippen LogP contribution in [0.5, 0.6) is 0 Å². The number of aromatic nitrogens is 2. The molecule has 5 rings (SSSR count). The Labute approximate surface area is 225 Å². The Morgan fingerprint density at radius 3 is 2.54 bits per heavy atom. The number of hydrogen-bond donors (Lipinski definition) is 1. The third-order valence-corrected chi connectivity index (χ3v) is 9.55. The predicted molar refractivity (Wildman–Crippen MR) is 147 cm³/mol. The van der Waals surface area contributed by atoms with Crippen LogP contribution in [0.3, 0.4) is 0 Å². The first-order valence-corrected chi connectivity index (χ1v) is 14.3. The van der Waals surface area contributed by atoms with Crippen molar-refractivity contribution in [3.05, 3.63) is 57.7 Å². The molecule has 1 fully saturated rings. The fourth-order valence-electron chi connectivity index (χ4n) is 5.53. The number of benzene rings is 1. The molecule has 2 aromatic heterocycles. The number of aliphatic hydroxyl groups excluding tert-OH is 1. The molecule has 0 spiro atoms. The molecular formula is C28H32N4O3S2. The second-order valence-corrected chi connectivity index (χ2v) is 12.4. The number of β-amino-alcohol motifs (C(OH)–C–C–N with tert-alkyl or cyclic N) is 1. The van der Waals surface area contributed by atoms with E-state index in [1.54, 1.807) is 16.2 Å². The molecule has 9 heteroatoms. The van der Waals surface area contributed by atoms with Crippen molar-refractivity contribution in [2.75, 3.05) is 6.54 Å². The van der Waals surface area contributed by atoms with Crippen LogP contribution in [0.1, 0.15) is 61.4 Å². The Morgan fingerprint density at radius 2 is 1.95 bits per heavy atom. The second kappa shape index (κ2) is 9.85. The molecule has 1 aromatic carbocycles. The van der Waals surface area contributed by atoms with Crippen LogP contribution in [0.2, 0.25) is 0 Å². The number of hydrogen-bond acceptors (Lipinski definition) is 7. The molecule has 2 aliphatic rings. The van der Waals surface area contributed by atoms with Gasteiger partial charge in [-0.1, -0.05) is 38.1 Å². The number of carbonyl (C=O) groups is 2. The molecule has 2 aliphatic heterocycles. The Balaban J connectivity index is 1.39. The topological polar surface area (TPSA) is 95.8 Å². The van der Waals surface area contributed by atoms with Gasteiger partial charge in [0.2, 0.25) is 5.91 Å². The molecule has 4 heterocycles. The zero-order chi connectivity index (χ0) is 26.5. The van der Waals surface area contributed by atoms with Crippen LogP contribution in [0.15, 0.2) is 40.8 Å². The minimum atomic E-state index is -0.800. The maximum absolute atomic E-state index is 13.8. The molecule has 194 valence electrons. The van der Waals surface area contributed by atoms with E-state index in [0.717, 1.165) is 32.3 Å². The lowest BCUT2D eigenvalue weighted by atomic mass is 9.78. The zero-order valence-electron chi connectivity index (χ0n) is 21.8. The quantitative estimate of drug-likeness (QED) is 0.483. The number of nitrogens with zero attached hydrogens (tertiary/aromatic N) is 4. The van der Waals surface area contributed by atoms with Gasteiger partial charge >= 0.3 is 0 Å². The predicted octanol–water partition coefficient (Wildman–Crippen LogP) is 4.91. The van der Waals surface area contributed by atoms with E-state index >= 15 is 0 Å². The lowest BCUT2D eigenvalue weighted by Gasteiger charge is -2.30. The highest BCUT2D eigenvalue weighted by molar-refractivity contribution is 7.13. The summed E-state index contributed by atoms with van der Waals surface area (Å²) >= 11 is 2.96. The monoisotopic (exact) mass is 536 g/mol. The molecule has 2 amide bonds. The second-order valence-electron chi connectivity index (χ2n) is 10.7. The Kier molecular flexibility index (Phi) is 6.89. The van der Waals surface area contributed by atoms with E-state index in [2.05, 4.69) is 14.3 Å². The van der Waals surface area contributed by atoms with Crippen LogP contribution in [-0.2, 0) is 15.0 Å². The maximum Gasteiger partial charge on any atom is 0.256 e. The van der Waals surface area contributed by atoms with E-state index in [4.69, 9.17) is 0 Å². The highest BCUT2D eigenvalue weighted by Gasteiger charge is 2.48. The average Bonchev–Trinajstić information content (AvgIpc) is 3.62. The minimum Gasteiger partial charge on any atom is -0.391 e. The molecule has 0 unspecified atom stereocenters. The summed E-state index contributed by atoms with van der Waals surface area (Å²) in [7, 11) is 0. The first-order chi connectivity index (χ1) is 17.6. The molecule has 0 bridgehead atoms. The third-order valence-electron chi connectivity index (χ3n) is 7.61. The van der Waals surface area contributed by atoms with Crippen molar-refractivity contribution in [1.82, 2.24) is 14.3 Å². The largest absolute Gasteiger partial charge is 0.391 e. The van der Waals surface area contributed by atoms with Gasteiger partial charge in [-0.25, -0.2) is 9.98 Å². The smallest absolute Gasteiger partial charge is 0.256 e. The van der Waals surface area contributed by atoms with Crippen LogP contribution in [0.4, 0.5) is 0 Å². The molecule has 4 atom stereocenters. The Bertz CT molecular complexity index is 1360. The number of likely N-dealkylation sites (tertiary alicyclic amines) is 1. The first kappa shape index (κ1) is 25.9. The maximum atomic E-state index is 13.8. The number of amides is 2. The summed E-state index contributed by atoms with van der Waals surface area (Å²) in [6.07, 6.45) is 0.179. The molecule has 3 aromatic rings. The molecule has 1 N–H and O–H groups in total.